The van der Waals surface area contributed by atoms with E-state index in [1.807, 2.05) is 0 Å². The molecule has 0 bridgehead atoms. The van der Waals surface area contributed by atoms with Crippen molar-refractivity contribution in [3.05, 3.63) is 0 Å². The van der Waals surface area contributed by atoms with Gasteiger partial charge in [-0.15, -0.1) is 0 Å². The second-order valence-electron chi connectivity index (χ2n) is 2.69. The quantitative estimate of drug-likeness (QED) is 0.542. The molecular weight excluding hydrogens is 175 g/mol. The monoisotopic (exact) mass is 183 g/mol. The lowest BCUT2D eigenvalue weighted by atomic mass is 9.95. The standard InChI is InChI=1S/C6H8F3NO2/c7-6(8,9)3-1-10-2-4(11)5(3)12/h3,5,10,12H,1-2H2/t3-,5+/m0/s1. The Balaban J connectivity index is 2.70. The topological polar surface area (TPSA) is 49.3 Å². The predicted molar refractivity (Wildman–Crippen MR) is 33.4 cm³/mol. The van der Waals surface area contributed by atoms with E-state index in [4.69, 9.17) is 5.11 Å². The number of aliphatic hydroxyl groups excluding tert-OH is 1. The largest absolute Gasteiger partial charge is 0.395 e. The van der Waals surface area contributed by atoms with Gasteiger partial charge in [0.2, 0.25) is 0 Å². The molecule has 1 aliphatic rings. The van der Waals surface area contributed by atoms with E-state index in [0.717, 1.165) is 0 Å². The fraction of sp³-hybridized carbons (Fsp3) is 0.833. The first-order valence-corrected chi connectivity index (χ1v) is 3.41. The summed E-state index contributed by atoms with van der Waals surface area (Å²) in [4.78, 5) is 10.6. The second-order valence-corrected chi connectivity index (χ2v) is 2.69. The molecule has 0 aromatic rings. The Labute approximate surface area is 66.6 Å². The van der Waals surface area contributed by atoms with Crippen LogP contribution in [0.25, 0.3) is 0 Å². The molecule has 0 aliphatic carbocycles. The Morgan fingerprint density at radius 2 is 2.08 bits per heavy atom. The maximum Gasteiger partial charge on any atom is 0.395 e. The molecule has 70 valence electrons. The molecule has 0 radical (unpaired) electrons. The number of ketones is 1. The van der Waals surface area contributed by atoms with Crippen molar-refractivity contribution in [3.8, 4) is 0 Å². The number of carbonyl (C=O) groups excluding carboxylic acids is 1. The Kier molecular flexibility index (Phi) is 2.39. The van der Waals surface area contributed by atoms with Crippen LogP contribution < -0.4 is 5.32 Å². The van der Waals surface area contributed by atoms with Crippen molar-refractivity contribution >= 4 is 5.78 Å². The van der Waals surface area contributed by atoms with Crippen LogP contribution in [0, 0.1) is 5.92 Å². The first-order valence-electron chi connectivity index (χ1n) is 3.41. The molecule has 1 heterocycles. The van der Waals surface area contributed by atoms with Gasteiger partial charge in [-0.1, -0.05) is 0 Å². The zero-order chi connectivity index (χ0) is 9.35. The van der Waals surface area contributed by atoms with Crippen molar-refractivity contribution < 1.29 is 23.1 Å². The second kappa shape index (κ2) is 3.02. The Hall–Kier alpha value is -0.620. The van der Waals surface area contributed by atoms with E-state index in [1.54, 1.807) is 0 Å². The molecule has 3 nitrogen and oxygen atoms in total. The van der Waals surface area contributed by atoms with Gasteiger partial charge < -0.3 is 10.4 Å². The molecule has 12 heavy (non-hydrogen) atoms. The van der Waals surface area contributed by atoms with Gasteiger partial charge in [-0.2, -0.15) is 13.2 Å². The third kappa shape index (κ3) is 1.75. The number of nitrogens with one attached hydrogen (secondary N) is 1. The van der Waals surface area contributed by atoms with Crippen LogP contribution in [0.3, 0.4) is 0 Å². The molecule has 1 fully saturated rings. The van der Waals surface area contributed by atoms with Crippen molar-refractivity contribution in [1.29, 1.82) is 0 Å². The zero-order valence-electron chi connectivity index (χ0n) is 6.06. The lowest BCUT2D eigenvalue weighted by molar-refractivity contribution is -0.203. The van der Waals surface area contributed by atoms with Gasteiger partial charge in [0.25, 0.3) is 0 Å². The summed E-state index contributed by atoms with van der Waals surface area (Å²) >= 11 is 0. The van der Waals surface area contributed by atoms with Crippen LogP contribution in [0.4, 0.5) is 13.2 Å². The highest BCUT2D eigenvalue weighted by Crippen LogP contribution is 2.29. The summed E-state index contributed by atoms with van der Waals surface area (Å²) in [7, 11) is 0. The van der Waals surface area contributed by atoms with E-state index < -0.39 is 30.5 Å². The van der Waals surface area contributed by atoms with Gasteiger partial charge in [-0.3, -0.25) is 4.79 Å². The number of Topliss-reactive ketones (excluding diaryl/α,β-unsaturated/α-hetero) is 1. The van der Waals surface area contributed by atoms with Gasteiger partial charge in [0, 0.05) is 6.54 Å². The summed E-state index contributed by atoms with van der Waals surface area (Å²) in [5, 5.41) is 11.2. The van der Waals surface area contributed by atoms with Crippen LogP contribution in [-0.2, 0) is 4.79 Å². The average Bonchev–Trinajstić information content (AvgIpc) is 1.92. The summed E-state index contributed by atoms with van der Waals surface area (Å²) in [5.41, 5.74) is 0. The molecule has 0 aromatic carbocycles. The molecule has 2 N–H and O–H groups in total. The van der Waals surface area contributed by atoms with E-state index in [2.05, 4.69) is 5.32 Å². The molecule has 0 saturated carbocycles. The molecule has 0 aromatic heterocycles. The fourth-order valence-electron chi connectivity index (χ4n) is 1.09. The number of alkyl halides is 3. The molecule has 2 atom stereocenters. The number of aliphatic hydroxyl groups is 1. The lowest BCUT2D eigenvalue weighted by Gasteiger charge is -2.28. The average molecular weight is 183 g/mol. The highest BCUT2D eigenvalue weighted by atomic mass is 19.4. The summed E-state index contributed by atoms with van der Waals surface area (Å²) in [6, 6.07) is 0. The minimum atomic E-state index is -4.51. The highest BCUT2D eigenvalue weighted by molar-refractivity contribution is 5.85. The molecule has 0 spiro atoms. The number of hydrogen-bond acceptors (Lipinski definition) is 3. The van der Waals surface area contributed by atoms with Gasteiger partial charge in [-0.05, 0) is 0 Å². The summed E-state index contributed by atoms with van der Waals surface area (Å²) in [6.45, 7) is -0.579. The van der Waals surface area contributed by atoms with Crippen LogP contribution in [0.5, 0.6) is 0 Å². The smallest absolute Gasteiger partial charge is 0.385 e. The number of hydrogen-bond donors (Lipinski definition) is 2. The number of rotatable bonds is 0. The molecule has 6 heteroatoms. The van der Waals surface area contributed by atoms with Gasteiger partial charge in [0.05, 0.1) is 6.54 Å². The van der Waals surface area contributed by atoms with E-state index >= 15 is 0 Å². The number of piperidine rings is 1. The van der Waals surface area contributed by atoms with E-state index in [1.165, 1.54) is 0 Å². The molecule has 1 rings (SSSR count). The van der Waals surface area contributed by atoms with Crippen LogP contribution in [-0.4, -0.2) is 36.3 Å². The molecule has 0 amide bonds. The van der Waals surface area contributed by atoms with Gasteiger partial charge in [0.15, 0.2) is 5.78 Å². The Morgan fingerprint density at radius 3 is 2.50 bits per heavy atom. The maximum atomic E-state index is 12.0. The van der Waals surface area contributed by atoms with E-state index in [0.29, 0.717) is 0 Å². The van der Waals surface area contributed by atoms with Gasteiger partial charge in [0.1, 0.15) is 12.0 Å². The van der Waals surface area contributed by atoms with Crippen molar-refractivity contribution in [2.24, 2.45) is 5.92 Å². The van der Waals surface area contributed by atoms with Crippen molar-refractivity contribution in [2.75, 3.05) is 13.1 Å². The summed E-state index contributed by atoms with van der Waals surface area (Å²) < 4.78 is 36.0. The van der Waals surface area contributed by atoms with Crippen LogP contribution in [0.2, 0.25) is 0 Å². The third-order valence-electron chi connectivity index (χ3n) is 1.79. The maximum absolute atomic E-state index is 12.0. The van der Waals surface area contributed by atoms with E-state index in [-0.39, 0.29) is 6.54 Å². The van der Waals surface area contributed by atoms with Crippen LogP contribution >= 0.6 is 0 Å². The Morgan fingerprint density at radius 1 is 1.50 bits per heavy atom. The predicted octanol–water partition coefficient (Wildman–Crippen LogP) is -0.302. The van der Waals surface area contributed by atoms with Crippen LogP contribution in [0.15, 0.2) is 0 Å². The molecule has 1 saturated heterocycles. The SMILES string of the molecule is O=C1CNC[C@H](C(F)(F)F)[C@H]1O. The van der Waals surface area contributed by atoms with Gasteiger partial charge in [-0.25, -0.2) is 0 Å². The van der Waals surface area contributed by atoms with Crippen molar-refractivity contribution in [3.63, 3.8) is 0 Å². The number of halogens is 3. The Bertz CT molecular complexity index is 192. The molecule has 0 unspecified atom stereocenters. The number of carbonyl (C=O) groups is 1. The fourth-order valence-corrected chi connectivity index (χ4v) is 1.09. The minimum absolute atomic E-state index is 0.187. The normalized spacial score (nSPS) is 32.2. The third-order valence-corrected chi connectivity index (χ3v) is 1.79. The molecule has 1 aliphatic heterocycles. The van der Waals surface area contributed by atoms with E-state index in [9.17, 15) is 18.0 Å². The van der Waals surface area contributed by atoms with Crippen molar-refractivity contribution in [1.82, 2.24) is 5.32 Å². The van der Waals surface area contributed by atoms with Gasteiger partial charge >= 0.3 is 6.18 Å². The summed E-state index contributed by atoms with van der Waals surface area (Å²) in [6.07, 6.45) is -6.41. The highest BCUT2D eigenvalue weighted by Gasteiger charge is 2.48. The first-order chi connectivity index (χ1) is 5.43. The lowest BCUT2D eigenvalue weighted by Crippen LogP contribution is -2.53. The van der Waals surface area contributed by atoms with Crippen LogP contribution in [0.1, 0.15) is 0 Å². The first kappa shape index (κ1) is 9.47. The summed E-state index contributed by atoms with van der Waals surface area (Å²) in [5.74, 6) is -2.76. The van der Waals surface area contributed by atoms with Crippen molar-refractivity contribution in [2.45, 2.75) is 12.3 Å². The zero-order valence-corrected chi connectivity index (χ0v) is 6.06. The molecular formula is C6H8F3NO2. The minimum Gasteiger partial charge on any atom is -0.385 e.